The largest absolute Gasteiger partial charge is 0.497 e. The molecule has 0 radical (unpaired) electrons. The van der Waals surface area contributed by atoms with Gasteiger partial charge in [0.25, 0.3) is 0 Å². The minimum absolute atomic E-state index is 0.155. The summed E-state index contributed by atoms with van der Waals surface area (Å²) >= 11 is 1.32. The second-order valence-electron chi connectivity index (χ2n) is 7.07. The minimum atomic E-state index is -0.314. The molecule has 0 atom stereocenters. The van der Waals surface area contributed by atoms with Gasteiger partial charge in [0.05, 0.1) is 25.7 Å². The molecule has 6 nitrogen and oxygen atoms in total. The lowest BCUT2D eigenvalue weighted by atomic mass is 10.1. The molecular weight excluding hydrogens is 441 g/mol. The number of anilines is 1. The first-order valence-electron chi connectivity index (χ1n) is 10.1. The molecule has 0 aliphatic carbocycles. The van der Waals surface area contributed by atoms with Crippen LogP contribution in [-0.4, -0.2) is 35.8 Å². The summed E-state index contributed by atoms with van der Waals surface area (Å²) in [4.78, 5) is 20.5. The summed E-state index contributed by atoms with van der Waals surface area (Å²) < 4.78 is 23.7. The number of aromatic nitrogens is 2. The lowest BCUT2D eigenvalue weighted by Gasteiger charge is -2.07. The van der Waals surface area contributed by atoms with Crippen LogP contribution in [0.2, 0.25) is 0 Å². The van der Waals surface area contributed by atoms with Gasteiger partial charge in [-0.15, -0.1) is 0 Å². The average Bonchev–Trinajstić information content (AvgIpc) is 3.28. The van der Waals surface area contributed by atoms with E-state index in [2.05, 4.69) is 15.3 Å². The van der Waals surface area contributed by atoms with Crippen LogP contribution in [0.5, 0.6) is 11.5 Å². The van der Waals surface area contributed by atoms with Gasteiger partial charge in [-0.3, -0.25) is 4.79 Å². The zero-order valence-electron chi connectivity index (χ0n) is 18.1. The number of benzene rings is 3. The third kappa shape index (κ3) is 5.53. The second kappa shape index (κ2) is 10.2. The van der Waals surface area contributed by atoms with Crippen molar-refractivity contribution in [2.75, 3.05) is 25.3 Å². The van der Waals surface area contributed by atoms with Crippen LogP contribution in [0.25, 0.3) is 22.6 Å². The molecule has 4 rings (SSSR count). The van der Waals surface area contributed by atoms with Crippen molar-refractivity contribution in [3.8, 4) is 34.1 Å². The average molecular weight is 464 g/mol. The number of rotatable bonds is 8. The topological polar surface area (TPSA) is 76.2 Å². The van der Waals surface area contributed by atoms with Crippen molar-refractivity contribution in [2.45, 2.75) is 5.03 Å². The SMILES string of the molecule is COc1ccc(NC(=O)CSc2nc(-c3ccc(F)cc3)[nH]c2-c2ccc(OC)cc2)cc1. The molecule has 0 fully saturated rings. The molecule has 0 aliphatic heterocycles. The number of methoxy groups -OCH3 is 2. The fraction of sp³-hybridized carbons (Fsp3) is 0.120. The summed E-state index contributed by atoms with van der Waals surface area (Å²) in [5.41, 5.74) is 3.11. The standard InChI is InChI=1S/C25H22FN3O3S/c1-31-20-11-5-16(6-12-20)23-25(29-24(28-23)17-3-7-18(26)8-4-17)33-15-22(30)27-19-9-13-21(32-2)14-10-19/h3-14H,15H2,1-2H3,(H,27,30)(H,28,29). The number of halogens is 1. The number of thioether (sulfide) groups is 1. The van der Waals surface area contributed by atoms with Gasteiger partial charge in [0.2, 0.25) is 5.91 Å². The molecule has 1 heterocycles. The third-order valence-corrected chi connectivity index (χ3v) is 5.86. The van der Waals surface area contributed by atoms with Gasteiger partial charge in [-0.2, -0.15) is 0 Å². The number of nitrogens with zero attached hydrogens (tertiary/aromatic N) is 1. The third-order valence-electron chi connectivity index (χ3n) is 4.88. The molecule has 0 bridgehead atoms. The van der Waals surface area contributed by atoms with Gasteiger partial charge in [0.15, 0.2) is 0 Å². The molecule has 0 spiro atoms. The molecule has 168 valence electrons. The Bertz CT molecular complexity index is 1220. The molecule has 1 aromatic heterocycles. The minimum Gasteiger partial charge on any atom is -0.497 e. The van der Waals surface area contributed by atoms with Crippen LogP contribution in [0.4, 0.5) is 10.1 Å². The van der Waals surface area contributed by atoms with E-state index in [1.807, 2.05) is 24.3 Å². The van der Waals surface area contributed by atoms with E-state index >= 15 is 0 Å². The summed E-state index contributed by atoms with van der Waals surface area (Å²) in [5.74, 6) is 1.76. The van der Waals surface area contributed by atoms with E-state index in [9.17, 15) is 9.18 Å². The normalized spacial score (nSPS) is 10.6. The molecule has 0 aliphatic rings. The predicted octanol–water partition coefficient (Wildman–Crippen LogP) is 5.63. The quantitative estimate of drug-likeness (QED) is 0.331. The molecule has 0 unspecified atom stereocenters. The molecule has 2 N–H and O–H groups in total. The maximum Gasteiger partial charge on any atom is 0.234 e. The first-order valence-corrected chi connectivity index (χ1v) is 11.1. The smallest absolute Gasteiger partial charge is 0.234 e. The highest BCUT2D eigenvalue weighted by Gasteiger charge is 2.16. The van der Waals surface area contributed by atoms with Crippen LogP contribution in [-0.2, 0) is 4.79 Å². The summed E-state index contributed by atoms with van der Waals surface area (Å²) in [6.45, 7) is 0. The van der Waals surface area contributed by atoms with Crippen LogP contribution in [0.1, 0.15) is 0 Å². The Kier molecular flexibility index (Phi) is 6.95. The maximum atomic E-state index is 13.4. The van der Waals surface area contributed by atoms with Crippen LogP contribution < -0.4 is 14.8 Å². The maximum absolute atomic E-state index is 13.4. The number of ether oxygens (including phenoxy) is 2. The van der Waals surface area contributed by atoms with Crippen LogP contribution in [0.15, 0.2) is 77.8 Å². The first-order chi connectivity index (χ1) is 16.1. The second-order valence-corrected chi connectivity index (χ2v) is 8.03. The number of aromatic amines is 1. The van der Waals surface area contributed by atoms with Crippen molar-refractivity contribution >= 4 is 23.4 Å². The number of amides is 1. The van der Waals surface area contributed by atoms with E-state index in [4.69, 9.17) is 9.47 Å². The fourth-order valence-corrected chi connectivity index (χ4v) is 3.97. The molecule has 8 heteroatoms. The van der Waals surface area contributed by atoms with Crippen molar-refractivity contribution < 1.29 is 18.7 Å². The van der Waals surface area contributed by atoms with Gasteiger partial charge < -0.3 is 19.8 Å². The Hall–Kier alpha value is -3.78. The molecule has 1 amide bonds. The van der Waals surface area contributed by atoms with E-state index in [-0.39, 0.29) is 17.5 Å². The summed E-state index contributed by atoms with van der Waals surface area (Å²) in [7, 11) is 3.20. The molecule has 0 saturated heterocycles. The monoisotopic (exact) mass is 463 g/mol. The number of carbonyl (C=O) groups is 1. The van der Waals surface area contributed by atoms with Gasteiger partial charge in [-0.05, 0) is 72.8 Å². The Morgan fingerprint density at radius 3 is 2.09 bits per heavy atom. The number of nitrogens with one attached hydrogen (secondary N) is 2. The summed E-state index contributed by atoms with van der Waals surface area (Å²) in [5, 5.41) is 3.54. The molecule has 3 aromatic carbocycles. The van der Waals surface area contributed by atoms with E-state index < -0.39 is 0 Å². The van der Waals surface area contributed by atoms with Gasteiger partial charge in [0, 0.05) is 16.8 Å². The van der Waals surface area contributed by atoms with Crippen molar-refractivity contribution in [1.29, 1.82) is 0 Å². The number of hydrogen-bond acceptors (Lipinski definition) is 5. The summed E-state index contributed by atoms with van der Waals surface area (Å²) in [6, 6.07) is 20.8. The molecule has 0 saturated carbocycles. The predicted molar refractivity (Wildman–Crippen MR) is 128 cm³/mol. The fourth-order valence-electron chi connectivity index (χ4n) is 3.16. The van der Waals surface area contributed by atoms with Crippen molar-refractivity contribution in [3.63, 3.8) is 0 Å². The van der Waals surface area contributed by atoms with E-state index in [1.165, 1.54) is 23.9 Å². The Morgan fingerprint density at radius 1 is 0.909 bits per heavy atom. The van der Waals surface area contributed by atoms with E-state index in [1.54, 1.807) is 50.6 Å². The van der Waals surface area contributed by atoms with Gasteiger partial charge in [0.1, 0.15) is 28.2 Å². The Labute approximate surface area is 195 Å². The van der Waals surface area contributed by atoms with Crippen LogP contribution >= 0.6 is 11.8 Å². The summed E-state index contributed by atoms with van der Waals surface area (Å²) in [6.07, 6.45) is 0. The van der Waals surface area contributed by atoms with Gasteiger partial charge >= 0.3 is 0 Å². The van der Waals surface area contributed by atoms with Gasteiger partial charge in [-0.25, -0.2) is 9.37 Å². The van der Waals surface area contributed by atoms with E-state index in [0.717, 1.165) is 28.3 Å². The van der Waals surface area contributed by atoms with Crippen molar-refractivity contribution in [2.24, 2.45) is 0 Å². The van der Waals surface area contributed by atoms with Gasteiger partial charge in [-0.1, -0.05) is 11.8 Å². The lowest BCUT2D eigenvalue weighted by molar-refractivity contribution is -0.113. The molecular formula is C25H22FN3O3S. The number of H-pyrrole nitrogens is 1. The highest BCUT2D eigenvalue weighted by molar-refractivity contribution is 8.00. The first kappa shape index (κ1) is 22.4. The molecule has 33 heavy (non-hydrogen) atoms. The Morgan fingerprint density at radius 2 is 1.48 bits per heavy atom. The van der Waals surface area contributed by atoms with Crippen LogP contribution in [0.3, 0.4) is 0 Å². The van der Waals surface area contributed by atoms with Crippen molar-refractivity contribution in [1.82, 2.24) is 9.97 Å². The molecule has 4 aromatic rings. The number of hydrogen-bond donors (Lipinski definition) is 2. The van der Waals surface area contributed by atoms with E-state index in [0.29, 0.717) is 16.5 Å². The highest BCUT2D eigenvalue weighted by Crippen LogP contribution is 2.33. The Balaban J connectivity index is 1.55. The number of imidazole rings is 1. The number of carbonyl (C=O) groups excluding carboxylic acids is 1. The highest BCUT2D eigenvalue weighted by atomic mass is 32.2. The van der Waals surface area contributed by atoms with Crippen LogP contribution in [0, 0.1) is 5.82 Å². The van der Waals surface area contributed by atoms with Crippen molar-refractivity contribution in [3.05, 3.63) is 78.6 Å². The zero-order chi connectivity index (χ0) is 23.2. The lowest BCUT2D eigenvalue weighted by Crippen LogP contribution is -2.14. The zero-order valence-corrected chi connectivity index (χ0v) is 18.9.